The Hall–Kier alpha value is -2.17. The van der Waals surface area contributed by atoms with Crippen molar-refractivity contribution in [2.45, 2.75) is 45.1 Å². The Kier molecular flexibility index (Phi) is 5.05. The monoisotopic (exact) mass is 312 g/mol. The van der Waals surface area contributed by atoms with E-state index in [2.05, 4.69) is 15.4 Å². The van der Waals surface area contributed by atoms with Gasteiger partial charge in [0.15, 0.2) is 0 Å². The molecule has 122 valence electrons. The number of aromatic nitrogens is 3. The van der Waals surface area contributed by atoms with Crippen molar-refractivity contribution in [1.82, 2.24) is 20.1 Å². The summed E-state index contributed by atoms with van der Waals surface area (Å²) in [6, 6.07) is 5.94. The van der Waals surface area contributed by atoms with Crippen LogP contribution in [0.1, 0.15) is 44.2 Å². The first-order chi connectivity index (χ1) is 11.2. The lowest BCUT2D eigenvalue weighted by Crippen LogP contribution is -2.23. The van der Waals surface area contributed by atoms with E-state index in [-0.39, 0.29) is 5.91 Å². The molecular formula is C18H24N4O. The van der Waals surface area contributed by atoms with E-state index < -0.39 is 0 Å². The van der Waals surface area contributed by atoms with Gasteiger partial charge >= 0.3 is 0 Å². The number of aryl methyl sites for hydroxylation is 1. The maximum absolute atomic E-state index is 12.0. The highest BCUT2D eigenvalue weighted by atomic mass is 16.1. The highest BCUT2D eigenvalue weighted by Crippen LogP contribution is 2.28. The molecule has 0 unspecified atom stereocenters. The van der Waals surface area contributed by atoms with Gasteiger partial charge in [-0.1, -0.05) is 25.7 Å². The molecule has 3 rings (SSSR count). The maximum atomic E-state index is 12.0. The molecule has 1 amide bonds. The predicted molar refractivity (Wildman–Crippen MR) is 89.5 cm³/mol. The van der Waals surface area contributed by atoms with E-state index in [4.69, 9.17) is 0 Å². The number of carbonyl (C=O) groups excluding carboxylic acids is 1. The lowest BCUT2D eigenvalue weighted by molar-refractivity contribution is -0.121. The van der Waals surface area contributed by atoms with Crippen molar-refractivity contribution in [1.29, 1.82) is 0 Å². The molecule has 23 heavy (non-hydrogen) atoms. The summed E-state index contributed by atoms with van der Waals surface area (Å²) >= 11 is 0. The first-order valence-corrected chi connectivity index (χ1v) is 8.42. The lowest BCUT2D eigenvalue weighted by atomic mass is 10.0. The van der Waals surface area contributed by atoms with Crippen LogP contribution in [0, 0.1) is 5.92 Å². The van der Waals surface area contributed by atoms with Crippen molar-refractivity contribution in [2.75, 3.05) is 0 Å². The third-order valence-corrected chi connectivity index (χ3v) is 4.63. The zero-order valence-electron chi connectivity index (χ0n) is 13.7. The Balaban J connectivity index is 1.51. The van der Waals surface area contributed by atoms with Crippen LogP contribution >= 0.6 is 0 Å². The van der Waals surface area contributed by atoms with E-state index in [1.807, 2.05) is 29.9 Å². The molecule has 0 atom stereocenters. The highest BCUT2D eigenvalue weighted by Gasteiger charge is 2.16. The number of amides is 1. The zero-order valence-corrected chi connectivity index (χ0v) is 13.7. The van der Waals surface area contributed by atoms with Crippen LogP contribution in [0.4, 0.5) is 0 Å². The smallest absolute Gasteiger partial charge is 0.220 e. The molecule has 2 aromatic heterocycles. The molecular weight excluding hydrogens is 288 g/mol. The van der Waals surface area contributed by atoms with Crippen molar-refractivity contribution < 1.29 is 4.79 Å². The summed E-state index contributed by atoms with van der Waals surface area (Å²) in [5.74, 6) is 0.891. The van der Waals surface area contributed by atoms with Gasteiger partial charge in [-0.15, -0.1) is 0 Å². The fourth-order valence-electron chi connectivity index (χ4n) is 3.32. The second-order valence-corrected chi connectivity index (χ2v) is 6.35. The van der Waals surface area contributed by atoms with Gasteiger partial charge in [0.25, 0.3) is 0 Å². The first-order valence-electron chi connectivity index (χ1n) is 8.42. The van der Waals surface area contributed by atoms with E-state index in [1.54, 1.807) is 12.4 Å². The van der Waals surface area contributed by atoms with Crippen LogP contribution in [-0.4, -0.2) is 20.7 Å². The number of nitrogens with one attached hydrogen (secondary N) is 1. The van der Waals surface area contributed by atoms with Gasteiger partial charge in [-0.2, -0.15) is 5.10 Å². The molecule has 0 radical (unpaired) electrons. The summed E-state index contributed by atoms with van der Waals surface area (Å²) in [6.07, 6.45) is 10.5. The molecule has 5 nitrogen and oxygen atoms in total. The van der Waals surface area contributed by atoms with Gasteiger partial charge < -0.3 is 5.32 Å². The summed E-state index contributed by atoms with van der Waals surface area (Å²) in [6.45, 7) is 0.489. The molecule has 0 spiro atoms. The van der Waals surface area contributed by atoms with Gasteiger partial charge in [0, 0.05) is 31.4 Å². The number of hydrogen-bond donors (Lipinski definition) is 1. The lowest BCUT2D eigenvalue weighted by Gasteiger charge is -2.08. The zero-order chi connectivity index (χ0) is 16.1. The minimum Gasteiger partial charge on any atom is -0.350 e. The molecule has 1 aliphatic rings. The molecule has 2 aromatic rings. The van der Waals surface area contributed by atoms with Crippen molar-refractivity contribution >= 4 is 5.91 Å². The van der Waals surface area contributed by atoms with Gasteiger partial charge in [0.2, 0.25) is 5.91 Å². The Morgan fingerprint density at radius 1 is 1.30 bits per heavy atom. The van der Waals surface area contributed by atoms with Gasteiger partial charge in [-0.3, -0.25) is 14.5 Å². The molecule has 0 saturated heterocycles. The second kappa shape index (κ2) is 7.40. The summed E-state index contributed by atoms with van der Waals surface area (Å²) in [5.41, 5.74) is 2.99. The van der Waals surface area contributed by atoms with Gasteiger partial charge in [-0.05, 0) is 30.5 Å². The average Bonchev–Trinajstić information content (AvgIpc) is 3.21. The summed E-state index contributed by atoms with van der Waals surface area (Å²) in [4.78, 5) is 16.0. The molecule has 0 bridgehead atoms. The van der Waals surface area contributed by atoms with Crippen molar-refractivity contribution in [3.63, 3.8) is 0 Å². The Bertz CT molecular complexity index is 644. The normalized spacial score (nSPS) is 15.0. The standard InChI is InChI=1S/C18H24N4O/c1-22-17(15-8-10-19-11-9-15)12-16(21-22)13-20-18(23)7-6-14-4-2-3-5-14/h8-12,14H,2-7,13H2,1H3,(H,20,23). The predicted octanol–water partition coefficient (Wildman–Crippen LogP) is 3.07. The third-order valence-electron chi connectivity index (χ3n) is 4.63. The molecule has 1 fully saturated rings. The fraction of sp³-hybridized carbons (Fsp3) is 0.500. The Morgan fingerprint density at radius 3 is 2.78 bits per heavy atom. The van der Waals surface area contributed by atoms with Crippen LogP contribution in [0.2, 0.25) is 0 Å². The van der Waals surface area contributed by atoms with Crippen LogP contribution in [0.5, 0.6) is 0 Å². The Labute approximate surface area is 137 Å². The topological polar surface area (TPSA) is 59.8 Å². The van der Waals surface area contributed by atoms with Crippen molar-refractivity contribution in [3.05, 3.63) is 36.3 Å². The van der Waals surface area contributed by atoms with Gasteiger partial charge in [-0.25, -0.2) is 0 Å². The first kappa shape index (κ1) is 15.7. The van der Waals surface area contributed by atoms with E-state index >= 15 is 0 Å². The Morgan fingerprint density at radius 2 is 2.04 bits per heavy atom. The molecule has 5 heteroatoms. The van der Waals surface area contributed by atoms with Crippen LogP contribution in [0.3, 0.4) is 0 Å². The minimum absolute atomic E-state index is 0.132. The van der Waals surface area contributed by atoms with E-state index in [1.165, 1.54) is 25.7 Å². The van der Waals surface area contributed by atoms with Crippen LogP contribution in [-0.2, 0) is 18.4 Å². The van der Waals surface area contributed by atoms with Gasteiger partial charge in [0.05, 0.1) is 17.9 Å². The SMILES string of the molecule is Cn1nc(CNC(=O)CCC2CCCC2)cc1-c1ccncc1. The van der Waals surface area contributed by atoms with E-state index in [0.717, 1.165) is 29.3 Å². The van der Waals surface area contributed by atoms with Gasteiger partial charge in [0.1, 0.15) is 0 Å². The highest BCUT2D eigenvalue weighted by molar-refractivity contribution is 5.75. The molecule has 1 aliphatic carbocycles. The van der Waals surface area contributed by atoms with E-state index in [9.17, 15) is 4.79 Å². The fourth-order valence-corrected chi connectivity index (χ4v) is 3.32. The minimum atomic E-state index is 0.132. The quantitative estimate of drug-likeness (QED) is 0.891. The van der Waals surface area contributed by atoms with Crippen molar-refractivity contribution in [2.24, 2.45) is 13.0 Å². The second-order valence-electron chi connectivity index (χ2n) is 6.35. The average molecular weight is 312 g/mol. The van der Waals surface area contributed by atoms with Crippen LogP contribution in [0.15, 0.2) is 30.6 Å². The van der Waals surface area contributed by atoms with Crippen LogP contribution in [0.25, 0.3) is 11.3 Å². The number of rotatable bonds is 6. The van der Waals surface area contributed by atoms with E-state index in [0.29, 0.717) is 13.0 Å². The summed E-state index contributed by atoms with van der Waals surface area (Å²) in [5, 5.41) is 7.47. The maximum Gasteiger partial charge on any atom is 0.220 e. The molecule has 2 heterocycles. The molecule has 1 N–H and O–H groups in total. The van der Waals surface area contributed by atoms with Crippen molar-refractivity contribution in [3.8, 4) is 11.3 Å². The number of nitrogens with zero attached hydrogens (tertiary/aromatic N) is 3. The molecule has 1 saturated carbocycles. The summed E-state index contributed by atoms with van der Waals surface area (Å²) < 4.78 is 1.84. The van der Waals surface area contributed by atoms with Crippen LogP contribution < -0.4 is 5.32 Å². The largest absolute Gasteiger partial charge is 0.350 e. The number of pyridine rings is 1. The number of carbonyl (C=O) groups is 1. The molecule has 0 aromatic carbocycles. The number of hydrogen-bond acceptors (Lipinski definition) is 3. The third kappa shape index (κ3) is 4.18. The summed E-state index contributed by atoms with van der Waals surface area (Å²) in [7, 11) is 1.92. The molecule has 0 aliphatic heterocycles.